The van der Waals surface area contributed by atoms with Crippen molar-refractivity contribution in [2.45, 2.75) is 6.92 Å². The van der Waals surface area contributed by atoms with Crippen LogP contribution in [-0.2, 0) is 4.74 Å². The van der Waals surface area contributed by atoms with E-state index in [-0.39, 0.29) is 5.82 Å². The Hall–Kier alpha value is -2.82. The third-order valence-corrected chi connectivity index (χ3v) is 2.94. The molecule has 2 aromatic heterocycles. The number of benzene rings is 1. The number of carbonyl (C=O) groups is 1. The molecular formula is C16H14N2O3. The fourth-order valence-corrected chi connectivity index (χ4v) is 2.01. The van der Waals surface area contributed by atoms with Crippen LogP contribution < -0.4 is 4.74 Å². The molecule has 5 nitrogen and oxygen atoms in total. The van der Waals surface area contributed by atoms with Crippen LogP contribution in [0.2, 0.25) is 0 Å². The number of rotatable bonds is 4. The lowest BCUT2D eigenvalue weighted by Crippen LogP contribution is -2.09. The molecule has 0 radical (unpaired) electrons. The molecule has 0 fully saturated rings. The first kappa shape index (κ1) is 13.2. The minimum atomic E-state index is -0.436. The molecule has 0 aliphatic heterocycles. The summed E-state index contributed by atoms with van der Waals surface area (Å²) in [5.41, 5.74) is 0.770. The van der Waals surface area contributed by atoms with Crippen molar-refractivity contribution in [2.24, 2.45) is 0 Å². The van der Waals surface area contributed by atoms with Crippen LogP contribution in [0.3, 0.4) is 0 Å². The van der Waals surface area contributed by atoms with Crippen molar-refractivity contribution in [1.29, 1.82) is 0 Å². The van der Waals surface area contributed by atoms with Crippen LogP contribution >= 0.6 is 0 Å². The molecule has 0 unspecified atom stereocenters. The second kappa shape index (κ2) is 5.66. The van der Waals surface area contributed by atoms with Gasteiger partial charge in [-0.25, -0.2) is 9.78 Å². The summed E-state index contributed by atoms with van der Waals surface area (Å²) in [4.78, 5) is 15.9. The first-order chi connectivity index (χ1) is 10.3. The Bertz CT molecular complexity index is 766. The summed E-state index contributed by atoms with van der Waals surface area (Å²) >= 11 is 0. The Morgan fingerprint density at radius 3 is 2.76 bits per heavy atom. The van der Waals surface area contributed by atoms with E-state index in [4.69, 9.17) is 9.47 Å². The Kier molecular flexibility index (Phi) is 3.55. The predicted octanol–water partition coefficient (Wildman–Crippen LogP) is 3.30. The van der Waals surface area contributed by atoms with Crippen molar-refractivity contribution in [1.82, 2.24) is 9.38 Å². The van der Waals surface area contributed by atoms with E-state index >= 15 is 0 Å². The third-order valence-electron chi connectivity index (χ3n) is 2.94. The number of hydrogen-bond donors (Lipinski definition) is 0. The molecule has 5 heteroatoms. The number of aromatic nitrogens is 2. The molecule has 3 rings (SSSR count). The van der Waals surface area contributed by atoms with Crippen LogP contribution in [0, 0.1) is 0 Å². The number of esters is 1. The Balaban J connectivity index is 1.90. The fourth-order valence-electron chi connectivity index (χ4n) is 2.01. The van der Waals surface area contributed by atoms with Crippen LogP contribution in [-0.4, -0.2) is 22.0 Å². The highest BCUT2D eigenvalue weighted by atomic mass is 16.5. The van der Waals surface area contributed by atoms with Gasteiger partial charge in [0.1, 0.15) is 11.5 Å². The zero-order valence-corrected chi connectivity index (χ0v) is 11.5. The van der Waals surface area contributed by atoms with Gasteiger partial charge < -0.3 is 9.47 Å². The van der Waals surface area contributed by atoms with Crippen LogP contribution in [0.1, 0.15) is 17.5 Å². The van der Waals surface area contributed by atoms with Crippen molar-refractivity contribution < 1.29 is 14.3 Å². The average Bonchev–Trinajstić information content (AvgIpc) is 2.92. The van der Waals surface area contributed by atoms with Gasteiger partial charge in [-0.05, 0) is 25.1 Å². The van der Waals surface area contributed by atoms with Crippen molar-refractivity contribution >= 4 is 11.5 Å². The number of fused-ring (bicyclic) bond motifs is 1. The highest BCUT2D eigenvalue weighted by Crippen LogP contribution is 2.22. The lowest BCUT2D eigenvalue weighted by molar-refractivity contribution is 0.0511. The summed E-state index contributed by atoms with van der Waals surface area (Å²) in [7, 11) is 0. The summed E-state index contributed by atoms with van der Waals surface area (Å²) < 4.78 is 12.4. The lowest BCUT2D eigenvalue weighted by Gasteiger charge is -2.06. The Labute approximate surface area is 121 Å². The zero-order chi connectivity index (χ0) is 14.7. The molecule has 3 aromatic rings. The quantitative estimate of drug-likeness (QED) is 0.689. The van der Waals surface area contributed by atoms with Crippen molar-refractivity contribution in [2.75, 3.05) is 6.61 Å². The summed E-state index contributed by atoms with van der Waals surface area (Å²) in [5, 5.41) is 0. The van der Waals surface area contributed by atoms with E-state index in [0.717, 1.165) is 11.3 Å². The van der Waals surface area contributed by atoms with Gasteiger partial charge in [0.25, 0.3) is 0 Å². The van der Waals surface area contributed by atoms with E-state index < -0.39 is 5.97 Å². The number of nitrogens with zero attached hydrogens (tertiary/aromatic N) is 2. The van der Waals surface area contributed by atoms with E-state index in [1.54, 1.807) is 29.8 Å². The van der Waals surface area contributed by atoms with Crippen molar-refractivity contribution in [3.63, 3.8) is 0 Å². The van der Waals surface area contributed by atoms with E-state index in [1.165, 1.54) is 0 Å². The van der Waals surface area contributed by atoms with E-state index in [2.05, 4.69) is 4.98 Å². The Morgan fingerprint density at radius 2 is 2.00 bits per heavy atom. The second-order valence-electron chi connectivity index (χ2n) is 4.37. The second-order valence-corrected chi connectivity index (χ2v) is 4.37. The minimum absolute atomic E-state index is 0.262. The van der Waals surface area contributed by atoms with Crippen molar-refractivity contribution in [3.05, 3.63) is 60.7 Å². The number of imidazole rings is 1. The molecule has 0 amide bonds. The summed E-state index contributed by atoms with van der Waals surface area (Å²) in [6.07, 6.45) is 3.36. The van der Waals surface area contributed by atoms with Crippen molar-refractivity contribution in [3.8, 4) is 11.5 Å². The first-order valence-electron chi connectivity index (χ1n) is 6.65. The molecule has 0 aliphatic carbocycles. The van der Waals surface area contributed by atoms with Gasteiger partial charge >= 0.3 is 5.97 Å². The molecule has 0 saturated carbocycles. The Morgan fingerprint density at radius 1 is 1.19 bits per heavy atom. The molecular weight excluding hydrogens is 268 g/mol. The summed E-state index contributed by atoms with van der Waals surface area (Å²) in [6.45, 7) is 2.09. The lowest BCUT2D eigenvalue weighted by atomic mass is 10.3. The van der Waals surface area contributed by atoms with Gasteiger partial charge in [-0.3, -0.25) is 4.40 Å². The predicted molar refractivity (Wildman–Crippen MR) is 77.7 cm³/mol. The molecule has 0 saturated heterocycles. The fraction of sp³-hybridized carbons (Fsp3) is 0.125. The number of ether oxygens (including phenoxy) is 2. The molecule has 0 aliphatic rings. The largest absolute Gasteiger partial charge is 0.460 e. The number of para-hydroxylation sites is 1. The van der Waals surface area contributed by atoms with Crippen LogP contribution in [0.15, 0.2) is 54.9 Å². The average molecular weight is 282 g/mol. The zero-order valence-electron chi connectivity index (χ0n) is 11.5. The maximum absolute atomic E-state index is 11.8. The van der Waals surface area contributed by atoms with Crippen LogP contribution in [0.5, 0.6) is 11.5 Å². The summed E-state index contributed by atoms with van der Waals surface area (Å²) in [6, 6.07) is 13.1. The highest BCUT2D eigenvalue weighted by Gasteiger charge is 2.14. The molecule has 21 heavy (non-hydrogen) atoms. The van der Waals surface area contributed by atoms with Gasteiger partial charge in [0.2, 0.25) is 5.82 Å². The van der Waals surface area contributed by atoms with Gasteiger partial charge in [-0.1, -0.05) is 18.2 Å². The molecule has 1 aromatic carbocycles. The van der Waals surface area contributed by atoms with Gasteiger partial charge in [0.05, 0.1) is 18.3 Å². The smallest absolute Gasteiger partial charge is 0.374 e. The summed E-state index contributed by atoms with van der Waals surface area (Å²) in [5.74, 6) is 1.27. The van der Waals surface area contributed by atoms with E-state index in [1.807, 2.05) is 36.4 Å². The van der Waals surface area contributed by atoms with Crippen LogP contribution in [0.4, 0.5) is 0 Å². The molecule has 0 N–H and O–H groups in total. The molecule has 0 bridgehead atoms. The SMILES string of the molecule is CCOC(=O)c1ncc2cc(Oc3ccccc3)ccn12. The maximum Gasteiger partial charge on any atom is 0.374 e. The number of carbonyl (C=O) groups excluding carboxylic acids is 1. The van der Waals surface area contributed by atoms with Gasteiger partial charge in [-0.15, -0.1) is 0 Å². The molecule has 106 valence electrons. The maximum atomic E-state index is 11.8. The number of hydrogen-bond acceptors (Lipinski definition) is 4. The van der Waals surface area contributed by atoms with E-state index in [0.29, 0.717) is 12.4 Å². The minimum Gasteiger partial charge on any atom is -0.460 e. The first-order valence-corrected chi connectivity index (χ1v) is 6.65. The standard InChI is InChI=1S/C16H14N2O3/c1-2-20-16(19)15-17-11-12-10-14(8-9-18(12)15)21-13-6-4-3-5-7-13/h3-11H,2H2,1H3. The van der Waals surface area contributed by atoms with Gasteiger partial charge in [0, 0.05) is 12.3 Å². The van der Waals surface area contributed by atoms with E-state index in [9.17, 15) is 4.79 Å². The molecule has 2 heterocycles. The normalized spacial score (nSPS) is 10.5. The van der Waals surface area contributed by atoms with Gasteiger partial charge in [-0.2, -0.15) is 0 Å². The molecule has 0 atom stereocenters. The van der Waals surface area contributed by atoms with Crippen LogP contribution in [0.25, 0.3) is 5.52 Å². The number of pyridine rings is 1. The molecule has 0 spiro atoms. The third kappa shape index (κ3) is 2.72. The topological polar surface area (TPSA) is 52.8 Å². The van der Waals surface area contributed by atoms with Gasteiger partial charge in [0.15, 0.2) is 0 Å². The monoisotopic (exact) mass is 282 g/mol. The highest BCUT2D eigenvalue weighted by molar-refractivity contribution is 5.86.